The van der Waals surface area contributed by atoms with Gasteiger partial charge in [0.25, 0.3) is 0 Å². The first-order valence-corrected chi connectivity index (χ1v) is 11.8. The zero-order valence-electron chi connectivity index (χ0n) is 19.1. The number of carbonyl (C=O) groups excluding carboxylic acids is 2. The number of benzene rings is 1. The molecule has 1 saturated heterocycles. The molecule has 2 aliphatic rings. The van der Waals surface area contributed by atoms with Gasteiger partial charge in [0.1, 0.15) is 0 Å². The number of hydrogen-bond acceptors (Lipinski definition) is 5. The third kappa shape index (κ3) is 5.26. The number of amides is 2. The van der Waals surface area contributed by atoms with E-state index in [-0.39, 0.29) is 30.3 Å². The molecule has 4 rings (SSSR count). The molecule has 2 amide bonds. The fourth-order valence-corrected chi connectivity index (χ4v) is 4.13. The molecule has 1 aliphatic carbocycles. The van der Waals surface area contributed by atoms with Crippen LogP contribution in [0.4, 0.5) is 5.82 Å². The number of nitrogens with zero attached hydrogens (tertiary/aromatic N) is 5. The van der Waals surface area contributed by atoms with Gasteiger partial charge in [-0.2, -0.15) is 0 Å². The molecular weight excluding hydrogens is 402 g/mol. The lowest BCUT2D eigenvalue weighted by molar-refractivity contribution is -0.143. The highest BCUT2D eigenvalue weighted by atomic mass is 16.2. The standard InChI is InChI=1S/C25H33N5O2/c1-3-19(2)30(25(32)21-10-11-21)18-24(31)29-15-7-14-28(16-17-29)23-13-12-22(26-27-23)20-8-5-4-6-9-20/h4-6,8-9,12-13,19,21H,3,7,10-11,14-18H2,1-2H3. The zero-order chi connectivity index (χ0) is 22.5. The number of hydrogen-bond donors (Lipinski definition) is 0. The Hall–Kier alpha value is -2.96. The van der Waals surface area contributed by atoms with Gasteiger partial charge >= 0.3 is 0 Å². The van der Waals surface area contributed by atoms with Gasteiger partial charge in [0.2, 0.25) is 11.8 Å². The topological polar surface area (TPSA) is 69.6 Å². The Morgan fingerprint density at radius 2 is 1.81 bits per heavy atom. The molecule has 1 aromatic heterocycles. The molecule has 1 atom stereocenters. The Labute approximate surface area is 190 Å². The lowest BCUT2D eigenvalue weighted by atomic mass is 10.1. The number of anilines is 1. The third-order valence-electron chi connectivity index (χ3n) is 6.53. The molecule has 7 heteroatoms. The van der Waals surface area contributed by atoms with Crippen molar-refractivity contribution in [2.24, 2.45) is 5.92 Å². The van der Waals surface area contributed by atoms with Crippen LogP contribution in [0.3, 0.4) is 0 Å². The summed E-state index contributed by atoms with van der Waals surface area (Å²) in [5.74, 6) is 1.17. The van der Waals surface area contributed by atoms with Crippen molar-refractivity contribution in [1.29, 1.82) is 0 Å². The van der Waals surface area contributed by atoms with Crippen molar-refractivity contribution in [3.8, 4) is 11.3 Å². The summed E-state index contributed by atoms with van der Waals surface area (Å²) in [6, 6.07) is 14.1. The van der Waals surface area contributed by atoms with Crippen LogP contribution in [0.1, 0.15) is 39.5 Å². The maximum Gasteiger partial charge on any atom is 0.242 e. The maximum absolute atomic E-state index is 13.1. The second kappa shape index (κ2) is 10.1. The van der Waals surface area contributed by atoms with Crippen LogP contribution in [-0.4, -0.2) is 70.6 Å². The van der Waals surface area contributed by atoms with Gasteiger partial charge in [0.15, 0.2) is 5.82 Å². The smallest absolute Gasteiger partial charge is 0.242 e. The number of carbonyl (C=O) groups is 2. The SMILES string of the molecule is CCC(C)N(CC(=O)N1CCCN(c2ccc(-c3ccccc3)nn2)CC1)C(=O)C1CC1. The van der Waals surface area contributed by atoms with Gasteiger partial charge in [0.05, 0.1) is 12.2 Å². The van der Waals surface area contributed by atoms with Gasteiger partial charge in [-0.25, -0.2) is 0 Å². The predicted octanol–water partition coefficient (Wildman–Crippen LogP) is 3.22. The van der Waals surface area contributed by atoms with E-state index in [1.807, 2.05) is 54.3 Å². The van der Waals surface area contributed by atoms with E-state index >= 15 is 0 Å². The first-order valence-electron chi connectivity index (χ1n) is 11.8. The lowest BCUT2D eigenvalue weighted by Gasteiger charge is -2.31. The fourth-order valence-electron chi connectivity index (χ4n) is 4.13. The molecule has 7 nitrogen and oxygen atoms in total. The fraction of sp³-hybridized carbons (Fsp3) is 0.520. The molecule has 2 heterocycles. The van der Waals surface area contributed by atoms with Gasteiger partial charge in [-0.15, -0.1) is 10.2 Å². The van der Waals surface area contributed by atoms with Crippen molar-refractivity contribution in [3.05, 3.63) is 42.5 Å². The summed E-state index contributed by atoms with van der Waals surface area (Å²) >= 11 is 0. The van der Waals surface area contributed by atoms with Gasteiger partial charge in [-0.3, -0.25) is 9.59 Å². The Morgan fingerprint density at radius 1 is 1.03 bits per heavy atom. The first-order chi connectivity index (χ1) is 15.6. The Morgan fingerprint density at radius 3 is 2.47 bits per heavy atom. The van der Waals surface area contributed by atoms with E-state index in [2.05, 4.69) is 22.0 Å². The van der Waals surface area contributed by atoms with Gasteiger partial charge in [0, 0.05) is 43.7 Å². The molecule has 0 bridgehead atoms. The third-order valence-corrected chi connectivity index (χ3v) is 6.53. The summed E-state index contributed by atoms with van der Waals surface area (Å²) < 4.78 is 0. The Bertz CT molecular complexity index is 914. The molecule has 0 N–H and O–H groups in total. The second-order valence-electron chi connectivity index (χ2n) is 8.86. The monoisotopic (exact) mass is 435 g/mol. The summed E-state index contributed by atoms with van der Waals surface area (Å²) in [7, 11) is 0. The second-order valence-corrected chi connectivity index (χ2v) is 8.86. The molecule has 1 unspecified atom stereocenters. The molecular formula is C25H33N5O2. The summed E-state index contributed by atoms with van der Waals surface area (Å²) in [6.07, 6.45) is 3.65. The zero-order valence-corrected chi connectivity index (χ0v) is 19.1. The van der Waals surface area contributed by atoms with Crippen molar-refractivity contribution >= 4 is 17.6 Å². The van der Waals surface area contributed by atoms with Crippen LogP contribution < -0.4 is 4.90 Å². The van der Waals surface area contributed by atoms with Crippen LogP contribution in [0.2, 0.25) is 0 Å². The van der Waals surface area contributed by atoms with E-state index < -0.39 is 0 Å². The molecule has 1 aliphatic heterocycles. The van der Waals surface area contributed by atoms with Crippen molar-refractivity contribution < 1.29 is 9.59 Å². The quantitative estimate of drug-likeness (QED) is 0.668. The molecule has 2 fully saturated rings. The molecule has 0 radical (unpaired) electrons. The molecule has 1 aromatic carbocycles. The van der Waals surface area contributed by atoms with Crippen LogP contribution in [-0.2, 0) is 9.59 Å². The average molecular weight is 436 g/mol. The van der Waals surface area contributed by atoms with E-state index in [0.717, 1.165) is 49.3 Å². The molecule has 2 aromatic rings. The highest BCUT2D eigenvalue weighted by Crippen LogP contribution is 2.32. The van der Waals surface area contributed by atoms with E-state index in [0.29, 0.717) is 19.6 Å². The van der Waals surface area contributed by atoms with Crippen molar-refractivity contribution in [3.63, 3.8) is 0 Å². The highest BCUT2D eigenvalue weighted by molar-refractivity contribution is 5.87. The summed E-state index contributed by atoms with van der Waals surface area (Å²) in [5, 5.41) is 8.84. The number of aromatic nitrogens is 2. The van der Waals surface area contributed by atoms with Crippen LogP contribution in [0, 0.1) is 5.92 Å². The Balaban J connectivity index is 1.36. The normalized spacial score (nSPS) is 17.6. The van der Waals surface area contributed by atoms with Crippen molar-refractivity contribution in [1.82, 2.24) is 20.0 Å². The molecule has 0 spiro atoms. The summed E-state index contributed by atoms with van der Waals surface area (Å²) in [6.45, 7) is 7.18. The number of rotatable bonds is 7. The summed E-state index contributed by atoms with van der Waals surface area (Å²) in [4.78, 5) is 31.6. The molecule has 170 valence electrons. The van der Waals surface area contributed by atoms with E-state index in [1.54, 1.807) is 4.90 Å². The highest BCUT2D eigenvalue weighted by Gasteiger charge is 2.36. The molecule has 32 heavy (non-hydrogen) atoms. The van der Waals surface area contributed by atoms with Gasteiger partial charge in [-0.1, -0.05) is 37.3 Å². The molecule has 1 saturated carbocycles. The minimum atomic E-state index is 0.0478. The van der Waals surface area contributed by atoms with E-state index in [4.69, 9.17) is 0 Å². The summed E-state index contributed by atoms with van der Waals surface area (Å²) in [5.41, 5.74) is 1.90. The van der Waals surface area contributed by atoms with Gasteiger partial charge in [-0.05, 0) is 44.7 Å². The first kappa shape index (κ1) is 22.2. The lowest BCUT2D eigenvalue weighted by Crippen LogP contribution is -2.47. The van der Waals surface area contributed by atoms with Crippen molar-refractivity contribution in [2.45, 2.75) is 45.6 Å². The minimum Gasteiger partial charge on any atom is -0.353 e. The van der Waals surface area contributed by atoms with Gasteiger partial charge < -0.3 is 14.7 Å². The average Bonchev–Trinajstić information content (AvgIpc) is 3.69. The Kier molecular flexibility index (Phi) is 7.02. The van der Waals surface area contributed by atoms with Crippen LogP contribution in [0.5, 0.6) is 0 Å². The maximum atomic E-state index is 13.1. The largest absolute Gasteiger partial charge is 0.353 e. The van der Waals surface area contributed by atoms with Crippen LogP contribution in [0.25, 0.3) is 11.3 Å². The van der Waals surface area contributed by atoms with E-state index in [9.17, 15) is 9.59 Å². The minimum absolute atomic E-state index is 0.0478. The van der Waals surface area contributed by atoms with E-state index in [1.165, 1.54) is 0 Å². The predicted molar refractivity (Wildman–Crippen MR) is 125 cm³/mol. The van der Waals surface area contributed by atoms with Crippen molar-refractivity contribution in [2.75, 3.05) is 37.6 Å². The van der Waals surface area contributed by atoms with Crippen LogP contribution >= 0.6 is 0 Å². The van der Waals surface area contributed by atoms with Crippen LogP contribution in [0.15, 0.2) is 42.5 Å².